The van der Waals surface area contributed by atoms with Gasteiger partial charge in [0.15, 0.2) is 5.96 Å². The van der Waals surface area contributed by atoms with Crippen LogP contribution in [0.15, 0.2) is 46.8 Å². The molecule has 1 amide bonds. The minimum absolute atomic E-state index is 0. The Hall–Kier alpha value is -1.65. The normalized spacial score (nSPS) is 15.3. The van der Waals surface area contributed by atoms with Gasteiger partial charge in [-0.1, -0.05) is 18.2 Å². The lowest BCUT2D eigenvalue weighted by Crippen LogP contribution is -2.41. The fourth-order valence-corrected chi connectivity index (χ4v) is 4.35. The average molecular weight is 542 g/mol. The predicted octanol–water partition coefficient (Wildman–Crippen LogP) is 3.85. The number of aliphatic imine (C=N–C) groups is 1. The number of hydrogen-bond donors (Lipinski definition) is 2. The topological polar surface area (TPSA) is 60.0 Å². The summed E-state index contributed by atoms with van der Waals surface area (Å²) in [5.41, 5.74) is 2.11. The quantitative estimate of drug-likeness (QED) is 0.303. The molecule has 1 fully saturated rings. The summed E-state index contributed by atoms with van der Waals surface area (Å²) in [5.74, 6) is 1.03. The van der Waals surface area contributed by atoms with Gasteiger partial charge in [-0.05, 0) is 56.6 Å². The number of anilines is 1. The smallest absolute Gasteiger partial charge is 0.227 e. The Bertz CT molecular complexity index is 807. The van der Waals surface area contributed by atoms with Crippen molar-refractivity contribution >= 4 is 52.9 Å². The highest BCUT2D eigenvalue weighted by Gasteiger charge is 2.21. The van der Waals surface area contributed by atoms with Crippen LogP contribution in [0.5, 0.6) is 0 Å². The summed E-state index contributed by atoms with van der Waals surface area (Å²) in [6.07, 6.45) is 1.60. The van der Waals surface area contributed by atoms with E-state index in [1.807, 2.05) is 17.0 Å². The van der Waals surface area contributed by atoms with Crippen molar-refractivity contribution in [3.8, 4) is 0 Å². The summed E-state index contributed by atoms with van der Waals surface area (Å²) in [5, 5.41) is 8.91. The molecule has 0 bridgehead atoms. The third-order valence-electron chi connectivity index (χ3n) is 5.04. The van der Waals surface area contributed by atoms with Gasteiger partial charge >= 0.3 is 0 Å². The maximum Gasteiger partial charge on any atom is 0.227 e. The molecule has 2 N–H and O–H groups in total. The molecule has 6 nitrogen and oxygen atoms in total. The van der Waals surface area contributed by atoms with Gasteiger partial charge in [0, 0.05) is 36.6 Å². The summed E-state index contributed by atoms with van der Waals surface area (Å²) in [4.78, 5) is 22.1. The first-order valence-electron chi connectivity index (χ1n) is 10.2. The van der Waals surface area contributed by atoms with Crippen LogP contribution in [-0.2, 0) is 11.3 Å². The van der Waals surface area contributed by atoms with Gasteiger partial charge < -0.3 is 20.4 Å². The third kappa shape index (κ3) is 6.68. The number of nitrogens with one attached hydrogen (secondary N) is 2. The number of carbonyl (C=O) groups is 1. The van der Waals surface area contributed by atoms with E-state index in [-0.39, 0.29) is 29.9 Å². The van der Waals surface area contributed by atoms with Crippen molar-refractivity contribution in [2.24, 2.45) is 4.99 Å². The monoisotopic (exact) mass is 541 g/mol. The minimum Gasteiger partial charge on any atom is -0.357 e. The maximum atomic E-state index is 11.9. The largest absolute Gasteiger partial charge is 0.357 e. The van der Waals surface area contributed by atoms with Crippen molar-refractivity contribution in [2.45, 2.75) is 32.4 Å². The SMILES string of the molecule is CCNC(=NCc1ccc(N2CCCC2=O)cc1)NCC(c1cccs1)N(C)C.I. The van der Waals surface area contributed by atoms with Crippen molar-refractivity contribution in [2.75, 3.05) is 38.6 Å². The van der Waals surface area contributed by atoms with Crippen LogP contribution in [0.1, 0.15) is 36.2 Å². The minimum atomic E-state index is 0. The first-order valence-corrected chi connectivity index (χ1v) is 11.1. The van der Waals surface area contributed by atoms with E-state index >= 15 is 0 Å². The predicted molar refractivity (Wildman–Crippen MR) is 137 cm³/mol. The molecule has 1 aromatic carbocycles. The fraction of sp³-hybridized carbons (Fsp3) is 0.455. The van der Waals surface area contributed by atoms with Crippen LogP contribution in [0.3, 0.4) is 0 Å². The highest BCUT2D eigenvalue weighted by molar-refractivity contribution is 14.0. The van der Waals surface area contributed by atoms with Gasteiger partial charge in [0.2, 0.25) is 5.91 Å². The van der Waals surface area contributed by atoms with Gasteiger partial charge in [-0.15, -0.1) is 35.3 Å². The molecule has 0 aliphatic carbocycles. The zero-order valence-corrected chi connectivity index (χ0v) is 21.1. The maximum absolute atomic E-state index is 11.9. The molecular weight excluding hydrogens is 509 g/mol. The number of halogens is 1. The molecule has 30 heavy (non-hydrogen) atoms. The Labute approximate surface area is 200 Å². The van der Waals surface area contributed by atoms with E-state index in [1.165, 1.54) is 4.88 Å². The number of hydrogen-bond acceptors (Lipinski definition) is 4. The standard InChI is InChI=1S/C22H31N5OS.HI/c1-4-23-22(25-16-19(26(2)3)20-7-6-14-29-20)24-15-17-9-11-18(12-10-17)27-13-5-8-21(27)28;/h6-7,9-12,14,19H,4-5,8,13,15-16H2,1-3H3,(H2,23,24,25);1H. The zero-order chi connectivity index (χ0) is 20.6. The van der Waals surface area contributed by atoms with Crippen LogP contribution in [0.4, 0.5) is 5.69 Å². The summed E-state index contributed by atoms with van der Waals surface area (Å²) in [6, 6.07) is 12.7. The van der Waals surface area contributed by atoms with Gasteiger partial charge in [-0.2, -0.15) is 0 Å². The molecule has 0 spiro atoms. The van der Waals surface area contributed by atoms with E-state index in [0.29, 0.717) is 19.0 Å². The summed E-state index contributed by atoms with van der Waals surface area (Å²) in [6.45, 7) is 5.09. The van der Waals surface area contributed by atoms with E-state index in [0.717, 1.165) is 43.3 Å². The summed E-state index contributed by atoms with van der Waals surface area (Å²) >= 11 is 1.78. The second-order valence-electron chi connectivity index (χ2n) is 7.39. The Balaban J connectivity index is 0.00000320. The van der Waals surface area contributed by atoms with E-state index in [9.17, 15) is 4.79 Å². The Morgan fingerprint density at radius 1 is 1.23 bits per heavy atom. The lowest BCUT2D eigenvalue weighted by atomic mass is 10.2. The molecule has 1 unspecified atom stereocenters. The highest BCUT2D eigenvalue weighted by atomic mass is 127. The molecule has 1 aliphatic heterocycles. The molecule has 0 radical (unpaired) electrons. The van der Waals surface area contributed by atoms with Crippen molar-refractivity contribution in [1.29, 1.82) is 0 Å². The van der Waals surface area contributed by atoms with Crippen LogP contribution >= 0.6 is 35.3 Å². The molecule has 1 aromatic heterocycles. The number of likely N-dealkylation sites (N-methyl/N-ethyl adjacent to an activating group) is 1. The Morgan fingerprint density at radius 2 is 2.00 bits per heavy atom. The summed E-state index contributed by atoms with van der Waals surface area (Å²) < 4.78 is 0. The lowest BCUT2D eigenvalue weighted by molar-refractivity contribution is -0.117. The molecular formula is C22H32IN5OS. The molecule has 2 heterocycles. The van der Waals surface area contributed by atoms with Crippen LogP contribution in [0.25, 0.3) is 0 Å². The van der Waals surface area contributed by atoms with Gasteiger partial charge in [0.1, 0.15) is 0 Å². The van der Waals surface area contributed by atoms with Crippen molar-refractivity contribution < 1.29 is 4.79 Å². The third-order valence-corrected chi connectivity index (χ3v) is 6.02. The number of benzene rings is 1. The van der Waals surface area contributed by atoms with E-state index in [4.69, 9.17) is 4.99 Å². The second-order valence-corrected chi connectivity index (χ2v) is 8.37. The zero-order valence-electron chi connectivity index (χ0n) is 17.9. The number of thiophene rings is 1. The van der Waals surface area contributed by atoms with Crippen LogP contribution in [0, 0.1) is 0 Å². The molecule has 164 valence electrons. The van der Waals surface area contributed by atoms with Crippen LogP contribution in [0.2, 0.25) is 0 Å². The van der Waals surface area contributed by atoms with E-state index in [1.54, 1.807) is 11.3 Å². The number of rotatable bonds is 8. The molecule has 0 saturated carbocycles. The molecule has 2 aromatic rings. The highest BCUT2D eigenvalue weighted by Crippen LogP contribution is 2.23. The average Bonchev–Trinajstić information content (AvgIpc) is 3.38. The second kappa shape index (κ2) is 12.3. The van der Waals surface area contributed by atoms with Gasteiger partial charge in [-0.25, -0.2) is 4.99 Å². The first-order chi connectivity index (χ1) is 14.1. The van der Waals surface area contributed by atoms with Crippen molar-refractivity contribution in [1.82, 2.24) is 15.5 Å². The van der Waals surface area contributed by atoms with Crippen molar-refractivity contribution in [3.05, 3.63) is 52.2 Å². The van der Waals surface area contributed by atoms with Crippen LogP contribution < -0.4 is 15.5 Å². The number of guanidine groups is 1. The van der Waals surface area contributed by atoms with Crippen molar-refractivity contribution in [3.63, 3.8) is 0 Å². The number of amides is 1. The molecule has 1 atom stereocenters. The molecule has 8 heteroatoms. The van der Waals surface area contributed by atoms with Crippen LogP contribution in [-0.4, -0.2) is 50.5 Å². The Morgan fingerprint density at radius 3 is 2.57 bits per heavy atom. The lowest BCUT2D eigenvalue weighted by Gasteiger charge is -2.24. The Kier molecular flexibility index (Phi) is 10.1. The van der Waals surface area contributed by atoms with Gasteiger partial charge in [0.25, 0.3) is 0 Å². The number of nitrogens with zero attached hydrogens (tertiary/aromatic N) is 3. The molecule has 1 saturated heterocycles. The van der Waals surface area contributed by atoms with Gasteiger partial charge in [-0.3, -0.25) is 4.79 Å². The van der Waals surface area contributed by atoms with E-state index in [2.05, 4.69) is 66.2 Å². The number of carbonyl (C=O) groups excluding carboxylic acids is 1. The molecule has 3 rings (SSSR count). The molecule has 1 aliphatic rings. The fourth-order valence-electron chi connectivity index (χ4n) is 3.43. The first kappa shape index (κ1) is 24.6. The van der Waals surface area contributed by atoms with E-state index < -0.39 is 0 Å². The van der Waals surface area contributed by atoms with Gasteiger partial charge in [0.05, 0.1) is 12.6 Å². The summed E-state index contributed by atoms with van der Waals surface area (Å²) in [7, 11) is 4.20.